The highest BCUT2D eigenvalue weighted by Crippen LogP contribution is 2.59. The van der Waals surface area contributed by atoms with Gasteiger partial charge in [-0.05, 0) is 51.6 Å². The quantitative estimate of drug-likeness (QED) is 0.757. The second-order valence-electron chi connectivity index (χ2n) is 6.35. The summed E-state index contributed by atoms with van der Waals surface area (Å²) < 4.78 is 5.60. The van der Waals surface area contributed by atoms with Crippen molar-refractivity contribution in [3.63, 3.8) is 0 Å². The topological polar surface area (TPSA) is 41.6 Å². The van der Waals surface area contributed by atoms with Crippen LogP contribution in [-0.2, 0) is 9.53 Å². The maximum atomic E-state index is 12.6. The first-order valence-corrected chi connectivity index (χ1v) is 7.25. The van der Waals surface area contributed by atoms with Crippen LogP contribution in [0.25, 0.3) is 0 Å². The summed E-state index contributed by atoms with van der Waals surface area (Å²) in [6.07, 6.45) is 3.66. The minimum atomic E-state index is 0.188. The number of rotatable bonds is 1. The predicted molar refractivity (Wildman–Crippen MR) is 69.2 cm³/mol. The molecule has 4 heteroatoms. The van der Waals surface area contributed by atoms with Gasteiger partial charge in [-0.25, -0.2) is 0 Å². The van der Waals surface area contributed by atoms with Crippen LogP contribution in [0.2, 0.25) is 0 Å². The van der Waals surface area contributed by atoms with Crippen LogP contribution in [0.5, 0.6) is 0 Å². The molecule has 4 nitrogen and oxygen atoms in total. The number of morpholine rings is 1. The fourth-order valence-electron chi connectivity index (χ4n) is 3.58. The molecule has 3 fully saturated rings. The molecule has 18 heavy (non-hydrogen) atoms. The van der Waals surface area contributed by atoms with Gasteiger partial charge in [0.05, 0.1) is 18.8 Å². The molecule has 1 spiro atoms. The number of carbonyl (C=O) groups excluding carboxylic acids is 1. The second kappa shape index (κ2) is 4.49. The number of carbonyl (C=O) groups is 1. The molecule has 1 aliphatic carbocycles. The molecule has 2 heterocycles. The monoisotopic (exact) mass is 252 g/mol. The Bertz CT molecular complexity index is 339. The predicted octanol–water partition coefficient (Wildman–Crippen LogP) is 1.01. The first-order chi connectivity index (χ1) is 8.62. The Kier molecular flexibility index (Phi) is 3.10. The molecule has 1 saturated carbocycles. The minimum Gasteiger partial charge on any atom is -0.375 e. The number of nitrogens with one attached hydrogen (secondary N) is 1. The molecule has 0 unspecified atom stereocenters. The molecule has 2 aliphatic heterocycles. The van der Waals surface area contributed by atoms with Crippen molar-refractivity contribution in [1.82, 2.24) is 10.2 Å². The van der Waals surface area contributed by atoms with Gasteiger partial charge in [0.25, 0.3) is 0 Å². The summed E-state index contributed by atoms with van der Waals surface area (Å²) >= 11 is 0. The van der Waals surface area contributed by atoms with Crippen LogP contribution in [0.15, 0.2) is 0 Å². The van der Waals surface area contributed by atoms with E-state index in [1.54, 1.807) is 0 Å². The summed E-state index contributed by atoms with van der Waals surface area (Å²) in [5.41, 5.74) is 0.351. The Labute approximate surface area is 109 Å². The third kappa shape index (κ3) is 2.05. The lowest BCUT2D eigenvalue weighted by Crippen LogP contribution is -2.51. The average molecular weight is 252 g/mol. The van der Waals surface area contributed by atoms with E-state index in [2.05, 4.69) is 24.1 Å². The summed E-state index contributed by atoms with van der Waals surface area (Å²) in [7, 11) is 0. The Morgan fingerprint density at radius 3 is 2.78 bits per heavy atom. The van der Waals surface area contributed by atoms with Crippen LogP contribution < -0.4 is 5.32 Å². The highest BCUT2D eigenvalue weighted by molar-refractivity contribution is 5.83. The van der Waals surface area contributed by atoms with Crippen molar-refractivity contribution in [2.24, 2.45) is 11.3 Å². The van der Waals surface area contributed by atoms with E-state index in [0.717, 1.165) is 26.1 Å². The van der Waals surface area contributed by atoms with Gasteiger partial charge in [-0.15, -0.1) is 0 Å². The SMILES string of the molecule is C[C@@H]1CN(C(=O)[C@H]2CC23CCNCC3)[C@H](C)CO1. The van der Waals surface area contributed by atoms with Crippen molar-refractivity contribution in [3.8, 4) is 0 Å². The molecule has 3 atom stereocenters. The van der Waals surface area contributed by atoms with Crippen LogP contribution in [-0.4, -0.2) is 49.2 Å². The Morgan fingerprint density at radius 1 is 1.33 bits per heavy atom. The third-order valence-corrected chi connectivity index (χ3v) is 4.98. The third-order valence-electron chi connectivity index (χ3n) is 4.98. The van der Waals surface area contributed by atoms with E-state index in [1.807, 2.05) is 0 Å². The van der Waals surface area contributed by atoms with Crippen LogP contribution in [0.3, 0.4) is 0 Å². The van der Waals surface area contributed by atoms with E-state index in [1.165, 1.54) is 12.8 Å². The molecular weight excluding hydrogens is 228 g/mol. The Balaban J connectivity index is 1.64. The van der Waals surface area contributed by atoms with Gasteiger partial charge in [0.2, 0.25) is 5.91 Å². The summed E-state index contributed by atoms with van der Waals surface area (Å²) in [6, 6.07) is 0.244. The molecule has 0 bridgehead atoms. The fourth-order valence-corrected chi connectivity index (χ4v) is 3.58. The minimum absolute atomic E-state index is 0.188. The fraction of sp³-hybridized carbons (Fsp3) is 0.929. The molecule has 0 aromatic carbocycles. The molecule has 2 saturated heterocycles. The standard InChI is InChI=1S/C14H24N2O2/c1-10-9-18-11(2)8-16(10)13(17)12-7-14(12)3-5-15-6-4-14/h10-12,15H,3-9H2,1-2H3/t10-,11-,12-/m1/s1. The number of hydrogen-bond acceptors (Lipinski definition) is 3. The van der Waals surface area contributed by atoms with Gasteiger partial charge in [-0.2, -0.15) is 0 Å². The summed E-state index contributed by atoms with van der Waals surface area (Å²) in [5, 5.41) is 3.39. The van der Waals surface area contributed by atoms with Gasteiger partial charge in [0.1, 0.15) is 0 Å². The van der Waals surface area contributed by atoms with Crippen molar-refractivity contribution < 1.29 is 9.53 Å². The van der Waals surface area contributed by atoms with Crippen molar-refractivity contribution in [1.29, 1.82) is 0 Å². The molecule has 1 N–H and O–H groups in total. The Hall–Kier alpha value is -0.610. The van der Waals surface area contributed by atoms with Crippen molar-refractivity contribution in [2.45, 2.75) is 45.3 Å². The lowest BCUT2D eigenvalue weighted by Gasteiger charge is -2.37. The van der Waals surface area contributed by atoms with Gasteiger partial charge in [0.15, 0.2) is 0 Å². The molecule has 0 aromatic heterocycles. The van der Waals surface area contributed by atoms with Gasteiger partial charge >= 0.3 is 0 Å². The van der Waals surface area contributed by atoms with Gasteiger partial charge in [-0.1, -0.05) is 0 Å². The Morgan fingerprint density at radius 2 is 2.06 bits per heavy atom. The van der Waals surface area contributed by atoms with E-state index in [4.69, 9.17) is 4.74 Å². The molecule has 3 rings (SSSR count). The molecule has 1 amide bonds. The number of hydrogen-bond donors (Lipinski definition) is 1. The van der Waals surface area contributed by atoms with Crippen LogP contribution >= 0.6 is 0 Å². The number of nitrogens with zero attached hydrogens (tertiary/aromatic N) is 1. The summed E-state index contributed by atoms with van der Waals surface area (Å²) in [6.45, 7) is 7.78. The zero-order valence-electron chi connectivity index (χ0n) is 11.4. The van der Waals surface area contributed by atoms with Gasteiger partial charge in [0, 0.05) is 12.5 Å². The van der Waals surface area contributed by atoms with Crippen LogP contribution in [0, 0.1) is 11.3 Å². The number of piperidine rings is 1. The zero-order valence-corrected chi connectivity index (χ0v) is 11.4. The van der Waals surface area contributed by atoms with E-state index >= 15 is 0 Å². The molecule has 3 aliphatic rings. The number of amides is 1. The van der Waals surface area contributed by atoms with E-state index in [0.29, 0.717) is 23.8 Å². The molecule has 0 radical (unpaired) electrons. The van der Waals surface area contributed by atoms with Crippen LogP contribution in [0.1, 0.15) is 33.1 Å². The lowest BCUT2D eigenvalue weighted by atomic mass is 9.91. The lowest BCUT2D eigenvalue weighted by molar-refractivity contribution is -0.145. The molecule has 102 valence electrons. The first-order valence-electron chi connectivity index (χ1n) is 7.25. The van der Waals surface area contributed by atoms with E-state index in [-0.39, 0.29) is 12.1 Å². The van der Waals surface area contributed by atoms with Crippen molar-refractivity contribution in [2.75, 3.05) is 26.2 Å². The molecular formula is C14H24N2O2. The largest absolute Gasteiger partial charge is 0.375 e. The van der Waals surface area contributed by atoms with Crippen molar-refractivity contribution in [3.05, 3.63) is 0 Å². The highest BCUT2D eigenvalue weighted by atomic mass is 16.5. The van der Waals surface area contributed by atoms with Gasteiger partial charge < -0.3 is 15.0 Å². The van der Waals surface area contributed by atoms with Gasteiger partial charge in [-0.3, -0.25) is 4.79 Å². The maximum Gasteiger partial charge on any atom is 0.226 e. The maximum absolute atomic E-state index is 12.6. The normalized spacial score (nSPS) is 38.8. The second-order valence-corrected chi connectivity index (χ2v) is 6.35. The first kappa shape index (κ1) is 12.4. The molecule has 0 aromatic rings. The van der Waals surface area contributed by atoms with Crippen molar-refractivity contribution >= 4 is 5.91 Å². The van der Waals surface area contributed by atoms with Crippen LogP contribution in [0.4, 0.5) is 0 Å². The number of ether oxygens (including phenoxy) is 1. The van der Waals surface area contributed by atoms with E-state index in [9.17, 15) is 4.79 Å². The summed E-state index contributed by atoms with van der Waals surface area (Å²) in [4.78, 5) is 14.7. The summed E-state index contributed by atoms with van der Waals surface area (Å²) in [5.74, 6) is 0.687. The smallest absolute Gasteiger partial charge is 0.226 e. The van der Waals surface area contributed by atoms with E-state index < -0.39 is 0 Å². The zero-order chi connectivity index (χ0) is 12.8. The average Bonchev–Trinajstić information content (AvgIpc) is 3.06. The highest BCUT2D eigenvalue weighted by Gasteiger charge is 2.59.